The van der Waals surface area contributed by atoms with Crippen LogP contribution in [0.25, 0.3) is 0 Å². The van der Waals surface area contributed by atoms with Gasteiger partial charge >= 0.3 is 0 Å². The fourth-order valence-corrected chi connectivity index (χ4v) is 4.28. The summed E-state index contributed by atoms with van der Waals surface area (Å²) in [6.45, 7) is 6.97. The molecule has 3 fully saturated rings. The molecule has 2 saturated heterocycles. The van der Waals surface area contributed by atoms with Crippen LogP contribution in [0.1, 0.15) is 45.4 Å². The van der Waals surface area contributed by atoms with Gasteiger partial charge in [0.2, 0.25) is 11.8 Å². The summed E-state index contributed by atoms with van der Waals surface area (Å²) in [5.41, 5.74) is 0. The molecule has 0 atom stereocenters. The van der Waals surface area contributed by atoms with Crippen LogP contribution < -0.4 is 0 Å². The first-order chi connectivity index (χ1) is 10.6. The second kappa shape index (κ2) is 6.99. The van der Waals surface area contributed by atoms with Gasteiger partial charge in [0.1, 0.15) is 0 Å². The molecule has 0 radical (unpaired) electrons. The van der Waals surface area contributed by atoms with E-state index >= 15 is 0 Å². The Bertz CT molecular complexity index is 404. The largest absolute Gasteiger partial charge is 0.343 e. The first-order valence-corrected chi connectivity index (χ1v) is 8.93. The lowest BCUT2D eigenvalue weighted by Crippen LogP contribution is -2.53. The van der Waals surface area contributed by atoms with Gasteiger partial charge in [-0.05, 0) is 25.7 Å². The molecule has 0 spiro atoms. The average molecular weight is 307 g/mol. The molecule has 3 aliphatic rings. The molecule has 1 aliphatic carbocycles. The van der Waals surface area contributed by atoms with E-state index in [0.29, 0.717) is 5.91 Å². The highest BCUT2D eigenvalue weighted by atomic mass is 16.2. The van der Waals surface area contributed by atoms with E-state index in [0.717, 1.165) is 58.2 Å². The van der Waals surface area contributed by atoms with Crippen LogP contribution in [0.2, 0.25) is 0 Å². The van der Waals surface area contributed by atoms with Crippen molar-refractivity contribution in [2.45, 2.75) is 51.5 Å². The summed E-state index contributed by atoms with van der Waals surface area (Å²) >= 11 is 0. The lowest BCUT2D eigenvalue weighted by molar-refractivity contribution is -0.141. The molecule has 0 aromatic carbocycles. The van der Waals surface area contributed by atoms with Gasteiger partial charge in [-0.15, -0.1) is 0 Å². The van der Waals surface area contributed by atoms with E-state index in [9.17, 15) is 9.59 Å². The van der Waals surface area contributed by atoms with Crippen LogP contribution in [-0.4, -0.2) is 71.8 Å². The topological polar surface area (TPSA) is 43.9 Å². The van der Waals surface area contributed by atoms with Crippen LogP contribution in [0.15, 0.2) is 0 Å². The van der Waals surface area contributed by atoms with Gasteiger partial charge < -0.3 is 9.80 Å². The van der Waals surface area contributed by atoms with Gasteiger partial charge in [-0.25, -0.2) is 0 Å². The highest BCUT2D eigenvalue weighted by molar-refractivity contribution is 5.79. The Morgan fingerprint density at radius 3 is 1.91 bits per heavy atom. The second-order valence-electron chi connectivity index (χ2n) is 7.08. The Hall–Kier alpha value is -1.10. The number of nitrogens with zero attached hydrogens (tertiary/aromatic N) is 3. The fraction of sp³-hybridized carbons (Fsp3) is 0.882. The minimum absolute atomic E-state index is 0.133. The van der Waals surface area contributed by atoms with E-state index in [1.807, 2.05) is 4.90 Å². The highest BCUT2D eigenvalue weighted by Crippen LogP contribution is 2.25. The van der Waals surface area contributed by atoms with Crippen LogP contribution in [-0.2, 0) is 9.59 Å². The summed E-state index contributed by atoms with van der Waals surface area (Å²) in [5, 5.41) is 0. The zero-order valence-electron chi connectivity index (χ0n) is 13.8. The Morgan fingerprint density at radius 1 is 0.773 bits per heavy atom. The predicted molar refractivity (Wildman–Crippen MR) is 85.4 cm³/mol. The summed E-state index contributed by atoms with van der Waals surface area (Å²) in [6.07, 6.45) is 7.11. The van der Waals surface area contributed by atoms with Crippen LogP contribution >= 0.6 is 0 Å². The lowest BCUT2D eigenvalue weighted by Gasteiger charge is -2.40. The minimum Gasteiger partial charge on any atom is -0.343 e. The van der Waals surface area contributed by atoms with Crippen molar-refractivity contribution in [1.82, 2.24) is 14.7 Å². The normalized spacial score (nSPS) is 25.7. The van der Waals surface area contributed by atoms with Crippen LogP contribution in [0.4, 0.5) is 0 Å². The molecule has 0 aromatic rings. The van der Waals surface area contributed by atoms with Crippen molar-refractivity contribution in [1.29, 1.82) is 0 Å². The van der Waals surface area contributed by atoms with Crippen molar-refractivity contribution in [3.8, 4) is 0 Å². The van der Waals surface area contributed by atoms with Crippen molar-refractivity contribution in [3.63, 3.8) is 0 Å². The predicted octanol–water partition coefficient (Wildman–Crippen LogP) is 1.33. The third-order valence-electron chi connectivity index (χ3n) is 5.76. The maximum absolute atomic E-state index is 12.7. The van der Waals surface area contributed by atoms with Gasteiger partial charge in [0.05, 0.1) is 0 Å². The van der Waals surface area contributed by atoms with Crippen LogP contribution in [0, 0.1) is 5.92 Å². The number of carbonyl (C=O) groups excluding carboxylic acids is 2. The smallest absolute Gasteiger partial charge is 0.225 e. The molecule has 0 bridgehead atoms. The highest BCUT2D eigenvalue weighted by Gasteiger charge is 2.32. The van der Waals surface area contributed by atoms with Crippen molar-refractivity contribution >= 4 is 11.8 Å². The van der Waals surface area contributed by atoms with E-state index in [2.05, 4.69) is 9.80 Å². The Kier molecular flexibility index (Phi) is 5.01. The Morgan fingerprint density at radius 2 is 1.36 bits per heavy atom. The molecule has 1 saturated carbocycles. The fourth-order valence-electron chi connectivity index (χ4n) is 4.28. The number of carbonyl (C=O) groups is 2. The van der Waals surface area contributed by atoms with E-state index in [4.69, 9.17) is 0 Å². The SMILES string of the molecule is CC(=O)N1CCC(C(=O)N2CCN(C3CCCC3)CC2)CC1. The minimum atomic E-state index is 0.133. The number of amides is 2. The lowest BCUT2D eigenvalue weighted by atomic mass is 9.95. The standard InChI is InChI=1S/C17H29N3O2/c1-14(21)18-8-6-15(7-9-18)17(22)20-12-10-19(11-13-20)16-4-2-3-5-16/h15-16H,2-13H2,1H3. The number of piperazine rings is 1. The number of hydrogen-bond donors (Lipinski definition) is 0. The zero-order chi connectivity index (χ0) is 15.5. The van der Waals surface area contributed by atoms with Crippen LogP contribution in [0.3, 0.4) is 0 Å². The van der Waals surface area contributed by atoms with E-state index < -0.39 is 0 Å². The summed E-state index contributed by atoms with van der Waals surface area (Å²) in [5.74, 6) is 0.596. The van der Waals surface area contributed by atoms with E-state index in [-0.39, 0.29) is 11.8 Å². The zero-order valence-corrected chi connectivity index (χ0v) is 13.8. The molecule has 124 valence electrons. The Labute approximate surface area is 133 Å². The molecule has 2 heterocycles. The van der Waals surface area contributed by atoms with Gasteiger partial charge in [-0.2, -0.15) is 0 Å². The van der Waals surface area contributed by atoms with Gasteiger partial charge in [-0.1, -0.05) is 12.8 Å². The molecule has 5 heteroatoms. The molecule has 0 aromatic heterocycles. The van der Waals surface area contributed by atoms with Crippen molar-refractivity contribution in [2.75, 3.05) is 39.3 Å². The Balaban J connectivity index is 1.45. The molecule has 2 amide bonds. The number of hydrogen-bond acceptors (Lipinski definition) is 3. The molecule has 0 unspecified atom stereocenters. The number of likely N-dealkylation sites (tertiary alicyclic amines) is 1. The molecule has 5 nitrogen and oxygen atoms in total. The molecule has 3 rings (SSSR count). The maximum Gasteiger partial charge on any atom is 0.225 e. The van der Waals surface area contributed by atoms with Gasteiger partial charge in [0.15, 0.2) is 0 Å². The van der Waals surface area contributed by atoms with Crippen LogP contribution in [0.5, 0.6) is 0 Å². The third kappa shape index (κ3) is 3.45. The number of rotatable bonds is 2. The van der Waals surface area contributed by atoms with E-state index in [1.54, 1.807) is 6.92 Å². The van der Waals surface area contributed by atoms with Gasteiger partial charge in [0.25, 0.3) is 0 Å². The van der Waals surface area contributed by atoms with E-state index in [1.165, 1.54) is 25.7 Å². The molecular weight excluding hydrogens is 278 g/mol. The van der Waals surface area contributed by atoms with Gasteiger partial charge in [0, 0.05) is 58.2 Å². The third-order valence-corrected chi connectivity index (χ3v) is 5.76. The molecule has 0 N–H and O–H groups in total. The second-order valence-corrected chi connectivity index (χ2v) is 7.08. The monoisotopic (exact) mass is 307 g/mol. The first kappa shape index (κ1) is 15.8. The molecular formula is C17H29N3O2. The summed E-state index contributed by atoms with van der Waals surface area (Å²) in [4.78, 5) is 30.5. The van der Waals surface area contributed by atoms with Crippen molar-refractivity contribution < 1.29 is 9.59 Å². The van der Waals surface area contributed by atoms with Gasteiger partial charge in [-0.3, -0.25) is 14.5 Å². The first-order valence-electron chi connectivity index (χ1n) is 8.93. The van der Waals surface area contributed by atoms with Crippen molar-refractivity contribution in [3.05, 3.63) is 0 Å². The molecule has 2 aliphatic heterocycles. The summed E-state index contributed by atoms with van der Waals surface area (Å²) in [7, 11) is 0. The quantitative estimate of drug-likeness (QED) is 0.773. The number of piperidine rings is 1. The average Bonchev–Trinajstić information content (AvgIpc) is 3.09. The maximum atomic E-state index is 12.7. The summed E-state index contributed by atoms with van der Waals surface area (Å²) in [6, 6.07) is 0.774. The summed E-state index contributed by atoms with van der Waals surface area (Å²) < 4.78 is 0. The van der Waals surface area contributed by atoms with Crippen molar-refractivity contribution in [2.24, 2.45) is 5.92 Å². The molecule has 22 heavy (non-hydrogen) atoms.